The summed E-state index contributed by atoms with van der Waals surface area (Å²) < 4.78 is 5.49. The Morgan fingerprint density at radius 1 is 1.28 bits per heavy atom. The van der Waals surface area contributed by atoms with Gasteiger partial charge in [-0.3, -0.25) is 0 Å². The van der Waals surface area contributed by atoms with Crippen molar-refractivity contribution in [2.24, 2.45) is 0 Å². The number of rotatable bonds is 8. The smallest absolute Gasteiger partial charge is 0.120 e. The lowest BCUT2D eigenvalue weighted by Gasteiger charge is -2.16. The van der Waals surface area contributed by atoms with Crippen LogP contribution in [0.5, 0.6) is 5.75 Å². The van der Waals surface area contributed by atoms with Gasteiger partial charge in [0.25, 0.3) is 0 Å². The van der Waals surface area contributed by atoms with Gasteiger partial charge >= 0.3 is 0 Å². The molecule has 4 nitrogen and oxygen atoms in total. The van der Waals surface area contributed by atoms with Crippen LogP contribution < -0.4 is 5.32 Å². The van der Waals surface area contributed by atoms with Crippen LogP contribution in [0.4, 0.5) is 0 Å². The molecule has 1 unspecified atom stereocenters. The zero-order valence-electron chi connectivity index (χ0n) is 11.5. The van der Waals surface area contributed by atoms with Crippen LogP contribution in [-0.4, -0.2) is 50.4 Å². The summed E-state index contributed by atoms with van der Waals surface area (Å²) in [6, 6.07) is 7.53. The second-order valence-electron chi connectivity index (χ2n) is 4.65. The molecular weight excluding hydrogens is 228 g/mol. The van der Waals surface area contributed by atoms with Gasteiger partial charge in [-0.05, 0) is 27.1 Å². The van der Waals surface area contributed by atoms with Gasteiger partial charge in [-0.2, -0.15) is 0 Å². The summed E-state index contributed by atoms with van der Waals surface area (Å²) in [6.07, 6.45) is 0. The maximum Gasteiger partial charge on any atom is 0.120 e. The van der Waals surface area contributed by atoms with Crippen molar-refractivity contribution in [2.45, 2.75) is 13.0 Å². The van der Waals surface area contributed by atoms with Crippen LogP contribution in [0.3, 0.4) is 0 Å². The molecule has 0 aliphatic rings. The Hall–Kier alpha value is -1.10. The van der Waals surface area contributed by atoms with Crippen molar-refractivity contribution < 1.29 is 9.84 Å². The molecule has 0 bridgehead atoms. The second kappa shape index (κ2) is 8.08. The fourth-order valence-corrected chi connectivity index (χ4v) is 1.66. The van der Waals surface area contributed by atoms with Gasteiger partial charge in [0, 0.05) is 24.7 Å². The normalized spacial score (nSPS) is 12.9. The van der Waals surface area contributed by atoms with Crippen molar-refractivity contribution in [3.63, 3.8) is 0 Å². The highest BCUT2D eigenvalue weighted by Crippen LogP contribution is 2.22. The molecule has 1 aromatic rings. The first-order valence-corrected chi connectivity index (χ1v) is 6.35. The molecular formula is C14H24N2O2. The summed E-state index contributed by atoms with van der Waals surface area (Å²) in [5.41, 5.74) is 0.922. The monoisotopic (exact) mass is 252 g/mol. The predicted molar refractivity (Wildman–Crippen MR) is 73.9 cm³/mol. The number of benzene rings is 1. The molecule has 102 valence electrons. The molecule has 1 atom stereocenters. The van der Waals surface area contributed by atoms with E-state index in [1.807, 2.05) is 39.2 Å². The summed E-state index contributed by atoms with van der Waals surface area (Å²) in [5, 5.41) is 13.0. The molecule has 0 aromatic heterocycles. The van der Waals surface area contributed by atoms with Gasteiger partial charge in [0.15, 0.2) is 0 Å². The molecule has 0 heterocycles. The number of ether oxygens (including phenoxy) is 1. The molecule has 0 saturated carbocycles. The van der Waals surface area contributed by atoms with E-state index in [0.717, 1.165) is 25.3 Å². The Morgan fingerprint density at radius 2 is 2.00 bits per heavy atom. The Labute approximate surface area is 110 Å². The number of likely N-dealkylation sites (N-methyl/N-ethyl adjacent to an activating group) is 1. The molecule has 0 spiro atoms. The minimum Gasteiger partial charge on any atom is -0.508 e. The topological polar surface area (TPSA) is 44.7 Å². The van der Waals surface area contributed by atoms with Crippen molar-refractivity contribution in [3.05, 3.63) is 29.8 Å². The van der Waals surface area contributed by atoms with Crippen LogP contribution in [0.2, 0.25) is 0 Å². The van der Waals surface area contributed by atoms with Gasteiger partial charge < -0.3 is 20.1 Å². The molecule has 1 rings (SSSR count). The Balaban J connectivity index is 2.18. The van der Waals surface area contributed by atoms with Crippen LogP contribution in [0.15, 0.2) is 24.3 Å². The number of hydrogen-bond acceptors (Lipinski definition) is 4. The summed E-state index contributed by atoms with van der Waals surface area (Å²) in [5.74, 6) is 0.339. The number of nitrogens with zero attached hydrogens (tertiary/aromatic N) is 1. The van der Waals surface area contributed by atoms with E-state index in [1.165, 1.54) is 0 Å². The van der Waals surface area contributed by atoms with Gasteiger partial charge in [-0.15, -0.1) is 0 Å². The van der Waals surface area contributed by atoms with E-state index in [-0.39, 0.29) is 6.04 Å². The SMILES string of the molecule is CC(NCCOCCN(C)C)c1ccccc1O. The summed E-state index contributed by atoms with van der Waals surface area (Å²) in [6.45, 7) is 5.19. The Kier molecular flexibility index (Phi) is 6.72. The number of phenolic OH excluding ortho intramolecular Hbond substituents is 1. The van der Waals surface area contributed by atoms with Crippen LogP contribution in [0, 0.1) is 0 Å². The second-order valence-corrected chi connectivity index (χ2v) is 4.65. The minimum absolute atomic E-state index is 0.128. The van der Waals surface area contributed by atoms with E-state index in [1.54, 1.807) is 6.07 Å². The molecule has 4 heteroatoms. The van der Waals surface area contributed by atoms with Crippen LogP contribution in [0.1, 0.15) is 18.5 Å². The number of phenols is 1. The van der Waals surface area contributed by atoms with Crippen molar-refractivity contribution in [1.82, 2.24) is 10.2 Å². The maximum absolute atomic E-state index is 9.71. The molecule has 0 saturated heterocycles. The summed E-state index contributed by atoms with van der Waals surface area (Å²) in [4.78, 5) is 2.10. The van der Waals surface area contributed by atoms with Crippen LogP contribution >= 0.6 is 0 Å². The lowest BCUT2D eigenvalue weighted by Crippen LogP contribution is -2.25. The number of aromatic hydroxyl groups is 1. The fraction of sp³-hybridized carbons (Fsp3) is 0.571. The third-order valence-electron chi connectivity index (χ3n) is 2.78. The third kappa shape index (κ3) is 5.49. The zero-order valence-corrected chi connectivity index (χ0v) is 11.5. The molecule has 0 amide bonds. The summed E-state index contributed by atoms with van der Waals surface area (Å²) in [7, 11) is 4.06. The maximum atomic E-state index is 9.71. The van der Waals surface area contributed by atoms with E-state index in [9.17, 15) is 5.11 Å². The molecule has 0 radical (unpaired) electrons. The third-order valence-corrected chi connectivity index (χ3v) is 2.78. The first-order chi connectivity index (χ1) is 8.61. The molecule has 2 N–H and O–H groups in total. The van der Waals surface area contributed by atoms with Crippen LogP contribution in [-0.2, 0) is 4.74 Å². The van der Waals surface area contributed by atoms with E-state index >= 15 is 0 Å². The Bertz CT molecular complexity index is 342. The molecule has 0 fully saturated rings. The number of nitrogens with one attached hydrogen (secondary N) is 1. The molecule has 1 aromatic carbocycles. The van der Waals surface area contributed by atoms with Crippen LogP contribution in [0.25, 0.3) is 0 Å². The predicted octanol–water partition coefficient (Wildman–Crippen LogP) is 1.62. The zero-order chi connectivity index (χ0) is 13.4. The van der Waals surface area contributed by atoms with Gasteiger partial charge in [0.1, 0.15) is 5.75 Å². The minimum atomic E-state index is 0.128. The van der Waals surface area contributed by atoms with E-state index < -0.39 is 0 Å². The molecule has 0 aliphatic heterocycles. The Morgan fingerprint density at radius 3 is 2.67 bits per heavy atom. The largest absolute Gasteiger partial charge is 0.508 e. The van der Waals surface area contributed by atoms with E-state index in [4.69, 9.17) is 4.74 Å². The van der Waals surface area contributed by atoms with E-state index in [2.05, 4.69) is 10.2 Å². The molecule has 18 heavy (non-hydrogen) atoms. The van der Waals surface area contributed by atoms with Crippen molar-refractivity contribution >= 4 is 0 Å². The van der Waals surface area contributed by atoms with Gasteiger partial charge in [-0.1, -0.05) is 18.2 Å². The first kappa shape index (κ1) is 15.0. The van der Waals surface area contributed by atoms with Gasteiger partial charge in [-0.25, -0.2) is 0 Å². The van der Waals surface area contributed by atoms with Gasteiger partial charge in [0.05, 0.1) is 13.2 Å². The van der Waals surface area contributed by atoms with Gasteiger partial charge in [0.2, 0.25) is 0 Å². The first-order valence-electron chi connectivity index (χ1n) is 6.35. The average molecular weight is 252 g/mol. The number of hydrogen-bond donors (Lipinski definition) is 2. The van der Waals surface area contributed by atoms with E-state index in [0.29, 0.717) is 12.4 Å². The fourth-order valence-electron chi connectivity index (χ4n) is 1.66. The average Bonchev–Trinajstić information content (AvgIpc) is 2.33. The van der Waals surface area contributed by atoms with Crippen molar-refractivity contribution in [3.8, 4) is 5.75 Å². The highest BCUT2D eigenvalue weighted by atomic mass is 16.5. The highest BCUT2D eigenvalue weighted by Gasteiger charge is 2.08. The quantitative estimate of drug-likeness (QED) is 0.690. The highest BCUT2D eigenvalue weighted by molar-refractivity contribution is 5.33. The lowest BCUT2D eigenvalue weighted by atomic mass is 10.1. The summed E-state index contributed by atoms with van der Waals surface area (Å²) >= 11 is 0. The standard InChI is InChI=1S/C14H24N2O2/c1-12(13-6-4-5-7-14(13)17)15-8-10-18-11-9-16(2)3/h4-7,12,15,17H,8-11H2,1-3H3. The number of para-hydroxylation sites is 1. The lowest BCUT2D eigenvalue weighted by molar-refractivity contribution is 0.118. The van der Waals surface area contributed by atoms with Crippen molar-refractivity contribution in [2.75, 3.05) is 40.4 Å². The van der Waals surface area contributed by atoms with Crippen molar-refractivity contribution in [1.29, 1.82) is 0 Å². The molecule has 0 aliphatic carbocycles.